The topological polar surface area (TPSA) is 17.8 Å². The molecule has 0 aliphatic heterocycles. The van der Waals surface area contributed by atoms with E-state index in [0.717, 1.165) is 28.5 Å². The maximum Gasteiger partial charge on any atom is 0.0848 e. The molecule has 0 aliphatic rings. The molecule has 2 rings (SSSR count). The van der Waals surface area contributed by atoms with Crippen LogP contribution in [0.15, 0.2) is 24.3 Å². The molecule has 0 unspecified atom stereocenters. The van der Waals surface area contributed by atoms with Crippen molar-refractivity contribution in [1.29, 1.82) is 0 Å². The van der Waals surface area contributed by atoms with E-state index in [1.54, 1.807) is 0 Å². The van der Waals surface area contributed by atoms with Crippen molar-refractivity contribution in [3.05, 3.63) is 46.2 Å². The summed E-state index contributed by atoms with van der Waals surface area (Å²) in [5, 5.41) is 5.17. The molecule has 2 aromatic rings. The molecular formula is C13H15ClN2. The average molecular weight is 235 g/mol. The standard InChI is InChI=1S/C13H15ClN2/c1-4-11-5-7-12(8-6-11)16-10(3)13(14)9(2)15-16/h5-8H,4H2,1-3H3. The molecule has 16 heavy (non-hydrogen) atoms. The number of benzene rings is 1. The van der Waals surface area contributed by atoms with Gasteiger partial charge in [-0.3, -0.25) is 0 Å². The Morgan fingerprint density at radius 2 is 1.81 bits per heavy atom. The minimum absolute atomic E-state index is 0.750. The van der Waals surface area contributed by atoms with E-state index in [-0.39, 0.29) is 0 Å². The van der Waals surface area contributed by atoms with E-state index in [1.807, 2.05) is 18.5 Å². The number of halogens is 1. The summed E-state index contributed by atoms with van der Waals surface area (Å²) in [6, 6.07) is 8.41. The number of aryl methyl sites for hydroxylation is 2. The van der Waals surface area contributed by atoms with Gasteiger partial charge in [-0.05, 0) is 38.0 Å². The molecule has 3 heteroatoms. The molecule has 0 fully saturated rings. The molecule has 0 bridgehead atoms. The number of hydrogen-bond donors (Lipinski definition) is 0. The third kappa shape index (κ3) is 1.85. The Hall–Kier alpha value is -1.28. The molecule has 0 radical (unpaired) electrons. The van der Waals surface area contributed by atoms with E-state index >= 15 is 0 Å². The summed E-state index contributed by atoms with van der Waals surface area (Å²) < 4.78 is 1.89. The van der Waals surface area contributed by atoms with Crippen molar-refractivity contribution < 1.29 is 0 Å². The van der Waals surface area contributed by atoms with E-state index in [0.29, 0.717) is 0 Å². The zero-order valence-corrected chi connectivity index (χ0v) is 10.5. The van der Waals surface area contributed by atoms with E-state index in [2.05, 4.69) is 36.3 Å². The van der Waals surface area contributed by atoms with Crippen molar-refractivity contribution >= 4 is 11.6 Å². The van der Waals surface area contributed by atoms with E-state index in [1.165, 1.54) is 5.56 Å². The van der Waals surface area contributed by atoms with Gasteiger partial charge in [0, 0.05) is 0 Å². The summed E-state index contributed by atoms with van der Waals surface area (Å²) in [5.41, 5.74) is 4.25. The molecule has 0 saturated heterocycles. The molecule has 0 saturated carbocycles. The third-order valence-corrected chi connectivity index (χ3v) is 3.34. The van der Waals surface area contributed by atoms with Gasteiger partial charge >= 0.3 is 0 Å². The molecule has 1 aromatic carbocycles. The van der Waals surface area contributed by atoms with Crippen LogP contribution in [0.1, 0.15) is 23.9 Å². The highest BCUT2D eigenvalue weighted by Gasteiger charge is 2.09. The highest BCUT2D eigenvalue weighted by molar-refractivity contribution is 6.31. The van der Waals surface area contributed by atoms with Crippen molar-refractivity contribution in [3.63, 3.8) is 0 Å². The van der Waals surface area contributed by atoms with Gasteiger partial charge in [0.2, 0.25) is 0 Å². The normalized spacial score (nSPS) is 10.8. The lowest BCUT2D eigenvalue weighted by Crippen LogP contribution is -1.99. The van der Waals surface area contributed by atoms with Crippen LogP contribution < -0.4 is 0 Å². The van der Waals surface area contributed by atoms with Crippen LogP contribution in [0.25, 0.3) is 5.69 Å². The Labute approximate surface area is 101 Å². The first-order chi connectivity index (χ1) is 7.63. The summed E-state index contributed by atoms with van der Waals surface area (Å²) >= 11 is 6.12. The Balaban J connectivity index is 2.46. The summed E-state index contributed by atoms with van der Waals surface area (Å²) in [6.07, 6.45) is 1.05. The summed E-state index contributed by atoms with van der Waals surface area (Å²) in [5.74, 6) is 0. The maximum atomic E-state index is 6.12. The lowest BCUT2D eigenvalue weighted by Gasteiger charge is -2.05. The predicted molar refractivity (Wildman–Crippen MR) is 67.4 cm³/mol. The minimum atomic E-state index is 0.750. The van der Waals surface area contributed by atoms with Gasteiger partial charge in [0.15, 0.2) is 0 Å². The van der Waals surface area contributed by atoms with Gasteiger partial charge in [-0.25, -0.2) is 4.68 Å². The molecule has 0 N–H and O–H groups in total. The number of nitrogens with zero attached hydrogens (tertiary/aromatic N) is 2. The molecule has 1 heterocycles. The highest BCUT2D eigenvalue weighted by Crippen LogP contribution is 2.22. The zero-order chi connectivity index (χ0) is 11.7. The summed E-state index contributed by atoms with van der Waals surface area (Å²) in [7, 11) is 0. The predicted octanol–water partition coefficient (Wildman–Crippen LogP) is 3.70. The first-order valence-electron chi connectivity index (χ1n) is 5.44. The number of aromatic nitrogens is 2. The Morgan fingerprint density at radius 1 is 1.19 bits per heavy atom. The van der Waals surface area contributed by atoms with Crippen molar-refractivity contribution in [2.24, 2.45) is 0 Å². The fourth-order valence-electron chi connectivity index (χ4n) is 1.75. The molecule has 2 nitrogen and oxygen atoms in total. The molecule has 1 aromatic heterocycles. The third-order valence-electron chi connectivity index (χ3n) is 2.79. The summed E-state index contributed by atoms with van der Waals surface area (Å²) in [6.45, 7) is 6.05. The lowest BCUT2D eigenvalue weighted by atomic mass is 10.1. The molecular weight excluding hydrogens is 220 g/mol. The second kappa shape index (κ2) is 4.30. The fraction of sp³-hybridized carbons (Fsp3) is 0.308. The zero-order valence-electron chi connectivity index (χ0n) is 9.79. The SMILES string of the molecule is CCc1ccc(-n2nc(C)c(Cl)c2C)cc1. The van der Waals surface area contributed by atoms with E-state index in [4.69, 9.17) is 11.6 Å². The van der Waals surface area contributed by atoms with Gasteiger partial charge in [-0.1, -0.05) is 30.7 Å². The van der Waals surface area contributed by atoms with Crippen LogP contribution in [-0.4, -0.2) is 9.78 Å². The first-order valence-corrected chi connectivity index (χ1v) is 5.82. The van der Waals surface area contributed by atoms with Gasteiger partial charge in [-0.15, -0.1) is 0 Å². The van der Waals surface area contributed by atoms with Crippen LogP contribution in [0.3, 0.4) is 0 Å². The van der Waals surface area contributed by atoms with Gasteiger partial charge in [0.25, 0.3) is 0 Å². The van der Waals surface area contributed by atoms with Crippen LogP contribution >= 0.6 is 11.6 Å². The van der Waals surface area contributed by atoms with Gasteiger partial charge < -0.3 is 0 Å². The summed E-state index contributed by atoms with van der Waals surface area (Å²) in [4.78, 5) is 0. The number of hydrogen-bond acceptors (Lipinski definition) is 1. The second-order valence-corrected chi connectivity index (χ2v) is 4.29. The molecule has 0 atom stereocenters. The first kappa shape index (κ1) is 11.2. The van der Waals surface area contributed by atoms with Crippen molar-refractivity contribution in [2.75, 3.05) is 0 Å². The molecule has 84 valence electrons. The van der Waals surface area contributed by atoms with Crippen LogP contribution in [0.4, 0.5) is 0 Å². The maximum absolute atomic E-state index is 6.12. The van der Waals surface area contributed by atoms with Crippen LogP contribution in [0.2, 0.25) is 5.02 Å². The largest absolute Gasteiger partial charge is 0.236 e. The van der Waals surface area contributed by atoms with Crippen LogP contribution in [-0.2, 0) is 6.42 Å². The lowest BCUT2D eigenvalue weighted by molar-refractivity contribution is 0.833. The highest BCUT2D eigenvalue weighted by atomic mass is 35.5. The quantitative estimate of drug-likeness (QED) is 0.775. The Bertz CT molecular complexity index is 497. The van der Waals surface area contributed by atoms with Crippen molar-refractivity contribution in [1.82, 2.24) is 9.78 Å². The second-order valence-electron chi connectivity index (χ2n) is 3.92. The van der Waals surface area contributed by atoms with Gasteiger partial charge in [0.1, 0.15) is 0 Å². The van der Waals surface area contributed by atoms with Gasteiger partial charge in [-0.2, -0.15) is 5.10 Å². The average Bonchev–Trinajstić information content (AvgIpc) is 2.57. The molecule has 0 amide bonds. The fourth-order valence-corrected chi connectivity index (χ4v) is 1.87. The van der Waals surface area contributed by atoms with Crippen LogP contribution in [0, 0.1) is 13.8 Å². The van der Waals surface area contributed by atoms with Crippen molar-refractivity contribution in [3.8, 4) is 5.69 Å². The smallest absolute Gasteiger partial charge is 0.0848 e. The molecule has 0 aliphatic carbocycles. The van der Waals surface area contributed by atoms with E-state index in [9.17, 15) is 0 Å². The minimum Gasteiger partial charge on any atom is -0.236 e. The Morgan fingerprint density at radius 3 is 2.25 bits per heavy atom. The Kier molecular flexibility index (Phi) is 3.01. The van der Waals surface area contributed by atoms with E-state index < -0.39 is 0 Å². The van der Waals surface area contributed by atoms with Gasteiger partial charge in [0.05, 0.1) is 22.1 Å². The molecule has 0 spiro atoms. The van der Waals surface area contributed by atoms with Crippen molar-refractivity contribution in [2.45, 2.75) is 27.2 Å². The van der Waals surface area contributed by atoms with Crippen LogP contribution in [0.5, 0.6) is 0 Å². The number of rotatable bonds is 2. The monoisotopic (exact) mass is 234 g/mol.